The summed E-state index contributed by atoms with van der Waals surface area (Å²) >= 11 is 0. The average Bonchev–Trinajstić information content (AvgIpc) is 2.68. The summed E-state index contributed by atoms with van der Waals surface area (Å²) in [7, 11) is 0. The van der Waals surface area contributed by atoms with Gasteiger partial charge in [0.05, 0.1) is 25.3 Å². The summed E-state index contributed by atoms with van der Waals surface area (Å²) in [5.41, 5.74) is 20.5. The summed E-state index contributed by atoms with van der Waals surface area (Å²) < 4.78 is 0. The van der Waals surface area contributed by atoms with Gasteiger partial charge in [0, 0.05) is 6.42 Å². The SMILES string of the molecule is NC(=O)CCC(N)C(=O)NC(CC(N)=O)C(=O)NC(CC(=O)O)C(=O)NC(CC(N)=O)C(=O)O. The van der Waals surface area contributed by atoms with Crippen molar-refractivity contribution in [3.05, 3.63) is 0 Å². The smallest absolute Gasteiger partial charge is 0.326 e. The Hall–Kier alpha value is -4.28. The van der Waals surface area contributed by atoms with Gasteiger partial charge in [0.2, 0.25) is 35.4 Å². The summed E-state index contributed by atoms with van der Waals surface area (Å²) in [6.45, 7) is 0. The van der Waals surface area contributed by atoms with Gasteiger partial charge in [-0.05, 0) is 6.42 Å². The molecule has 17 heteroatoms. The second-order valence-corrected chi connectivity index (χ2v) is 7.07. The third kappa shape index (κ3) is 11.9. The first-order valence-electron chi connectivity index (χ1n) is 9.60. The molecule has 190 valence electrons. The minimum Gasteiger partial charge on any atom is -0.481 e. The minimum atomic E-state index is -1.88. The number of aliphatic carboxylic acids is 2. The highest BCUT2D eigenvalue weighted by Gasteiger charge is 2.32. The lowest BCUT2D eigenvalue weighted by Gasteiger charge is -2.24. The topological polar surface area (TPSA) is 317 Å². The highest BCUT2D eigenvalue weighted by atomic mass is 16.4. The molecule has 34 heavy (non-hydrogen) atoms. The van der Waals surface area contributed by atoms with Crippen LogP contribution >= 0.6 is 0 Å². The van der Waals surface area contributed by atoms with Crippen molar-refractivity contribution in [1.29, 1.82) is 0 Å². The lowest BCUT2D eigenvalue weighted by molar-refractivity contribution is -0.145. The van der Waals surface area contributed by atoms with E-state index < -0.39 is 90.8 Å². The van der Waals surface area contributed by atoms with Crippen molar-refractivity contribution in [3.63, 3.8) is 0 Å². The average molecular weight is 489 g/mol. The van der Waals surface area contributed by atoms with Crippen LogP contribution in [0.1, 0.15) is 32.1 Å². The summed E-state index contributed by atoms with van der Waals surface area (Å²) in [4.78, 5) is 92.5. The zero-order valence-electron chi connectivity index (χ0n) is 17.8. The molecule has 0 aromatic rings. The van der Waals surface area contributed by atoms with Crippen molar-refractivity contribution in [3.8, 4) is 0 Å². The zero-order chi connectivity index (χ0) is 26.6. The molecule has 0 aromatic heterocycles. The highest BCUT2D eigenvalue weighted by molar-refractivity contribution is 5.97. The third-order valence-corrected chi connectivity index (χ3v) is 4.11. The van der Waals surface area contributed by atoms with Gasteiger partial charge in [-0.1, -0.05) is 0 Å². The first kappa shape index (κ1) is 29.7. The molecule has 4 atom stereocenters. The number of carboxylic acid groups (broad SMARTS) is 2. The molecule has 17 nitrogen and oxygen atoms in total. The lowest BCUT2D eigenvalue weighted by Crippen LogP contribution is -2.58. The first-order chi connectivity index (χ1) is 15.6. The van der Waals surface area contributed by atoms with Crippen LogP contribution in [0.25, 0.3) is 0 Å². The molecule has 0 saturated heterocycles. The molecule has 4 unspecified atom stereocenters. The van der Waals surface area contributed by atoms with Crippen LogP contribution in [-0.4, -0.2) is 81.8 Å². The van der Waals surface area contributed by atoms with E-state index in [1.165, 1.54) is 0 Å². The molecule has 0 aliphatic heterocycles. The predicted octanol–water partition coefficient (Wildman–Crippen LogP) is -5.66. The van der Waals surface area contributed by atoms with Crippen molar-refractivity contribution < 1.29 is 48.6 Å². The maximum atomic E-state index is 12.6. The number of nitrogens with two attached hydrogens (primary N) is 4. The maximum absolute atomic E-state index is 12.6. The molecule has 0 heterocycles. The summed E-state index contributed by atoms with van der Waals surface area (Å²) in [6, 6.07) is -6.70. The second-order valence-electron chi connectivity index (χ2n) is 7.07. The second kappa shape index (κ2) is 14.0. The molecule has 0 saturated carbocycles. The van der Waals surface area contributed by atoms with E-state index in [1.54, 1.807) is 0 Å². The van der Waals surface area contributed by atoms with Crippen molar-refractivity contribution in [2.45, 2.75) is 56.3 Å². The van der Waals surface area contributed by atoms with Crippen LogP contribution in [0, 0.1) is 0 Å². The largest absolute Gasteiger partial charge is 0.481 e. The minimum absolute atomic E-state index is 0.188. The molecule has 0 rings (SSSR count). The predicted molar refractivity (Wildman–Crippen MR) is 110 cm³/mol. The maximum Gasteiger partial charge on any atom is 0.326 e. The van der Waals surface area contributed by atoms with Crippen LogP contribution in [0.15, 0.2) is 0 Å². The van der Waals surface area contributed by atoms with Gasteiger partial charge in [-0.25, -0.2) is 4.79 Å². The summed E-state index contributed by atoms with van der Waals surface area (Å²) in [5.74, 6) is -9.62. The van der Waals surface area contributed by atoms with Crippen LogP contribution in [0.3, 0.4) is 0 Å². The van der Waals surface area contributed by atoms with E-state index in [-0.39, 0.29) is 12.8 Å². The Morgan fingerprint density at radius 2 is 1.03 bits per heavy atom. The van der Waals surface area contributed by atoms with Crippen molar-refractivity contribution in [2.75, 3.05) is 0 Å². The van der Waals surface area contributed by atoms with Crippen LogP contribution in [-0.2, 0) is 38.4 Å². The van der Waals surface area contributed by atoms with Gasteiger partial charge in [-0.15, -0.1) is 0 Å². The molecular weight excluding hydrogens is 462 g/mol. The van der Waals surface area contributed by atoms with E-state index in [4.69, 9.17) is 33.1 Å². The monoisotopic (exact) mass is 489 g/mol. The highest BCUT2D eigenvalue weighted by Crippen LogP contribution is 2.02. The number of nitrogens with one attached hydrogen (secondary N) is 3. The molecular formula is C17H27N7O10. The van der Waals surface area contributed by atoms with E-state index in [2.05, 4.69) is 5.32 Å². The zero-order valence-corrected chi connectivity index (χ0v) is 17.8. The van der Waals surface area contributed by atoms with Crippen LogP contribution in [0.2, 0.25) is 0 Å². The molecule has 0 aromatic carbocycles. The Morgan fingerprint density at radius 3 is 1.44 bits per heavy atom. The lowest BCUT2D eigenvalue weighted by atomic mass is 10.1. The van der Waals surface area contributed by atoms with E-state index in [9.17, 15) is 38.4 Å². The molecule has 0 aliphatic rings. The standard InChI is InChI=1S/C17H27N7O10/c18-6(1-2-10(19)25)14(30)22-7(3-11(20)26)15(31)23-8(5-13(28)29)16(32)24-9(17(33)34)4-12(21)27/h6-9H,1-5,18H2,(H2,19,25)(H2,20,26)(H2,21,27)(H,22,30)(H,23,31)(H,24,32)(H,28,29)(H,33,34). The van der Waals surface area contributed by atoms with Gasteiger partial charge in [-0.2, -0.15) is 0 Å². The van der Waals surface area contributed by atoms with Gasteiger partial charge in [-0.3, -0.25) is 33.6 Å². The Morgan fingerprint density at radius 1 is 0.618 bits per heavy atom. The van der Waals surface area contributed by atoms with Crippen molar-refractivity contribution in [1.82, 2.24) is 16.0 Å². The van der Waals surface area contributed by atoms with Crippen molar-refractivity contribution >= 4 is 47.4 Å². The molecule has 0 spiro atoms. The van der Waals surface area contributed by atoms with E-state index in [0.717, 1.165) is 0 Å². The fourth-order valence-corrected chi connectivity index (χ4v) is 2.45. The van der Waals surface area contributed by atoms with Gasteiger partial charge in [0.1, 0.15) is 18.1 Å². The van der Waals surface area contributed by atoms with Gasteiger partial charge in [0.25, 0.3) is 0 Å². The Labute approximate surface area is 191 Å². The number of hydrogen-bond acceptors (Lipinski definition) is 9. The first-order valence-corrected chi connectivity index (χ1v) is 9.60. The molecule has 13 N–H and O–H groups in total. The van der Waals surface area contributed by atoms with Crippen LogP contribution < -0.4 is 38.9 Å². The molecule has 6 amide bonds. The summed E-state index contributed by atoms with van der Waals surface area (Å²) in [6.07, 6.45) is -3.07. The number of carbonyl (C=O) groups is 8. The Kier molecular flexibility index (Phi) is 12.2. The molecule has 0 bridgehead atoms. The molecule has 0 radical (unpaired) electrons. The number of primary amides is 3. The Balaban J connectivity index is 5.54. The molecule has 0 aliphatic carbocycles. The third-order valence-electron chi connectivity index (χ3n) is 4.11. The number of carbonyl (C=O) groups excluding carboxylic acids is 6. The normalized spacial score (nSPS) is 13.9. The van der Waals surface area contributed by atoms with Crippen molar-refractivity contribution in [2.24, 2.45) is 22.9 Å². The fourth-order valence-electron chi connectivity index (χ4n) is 2.45. The summed E-state index contributed by atoms with van der Waals surface area (Å²) in [5, 5.41) is 24.0. The number of amides is 6. The van der Waals surface area contributed by atoms with Crippen LogP contribution in [0.4, 0.5) is 0 Å². The van der Waals surface area contributed by atoms with E-state index in [1.807, 2.05) is 10.6 Å². The van der Waals surface area contributed by atoms with E-state index >= 15 is 0 Å². The fraction of sp³-hybridized carbons (Fsp3) is 0.529. The molecule has 0 fully saturated rings. The number of carboxylic acids is 2. The van der Waals surface area contributed by atoms with Gasteiger partial charge < -0.3 is 49.1 Å². The van der Waals surface area contributed by atoms with Crippen LogP contribution in [0.5, 0.6) is 0 Å². The quantitative estimate of drug-likeness (QED) is 0.0983. The number of hydrogen-bond donors (Lipinski definition) is 9. The number of rotatable bonds is 16. The van der Waals surface area contributed by atoms with E-state index in [0.29, 0.717) is 0 Å². The van der Waals surface area contributed by atoms with Gasteiger partial charge >= 0.3 is 11.9 Å². The van der Waals surface area contributed by atoms with Gasteiger partial charge in [0.15, 0.2) is 0 Å². The Bertz CT molecular complexity index is 847.